The molecule has 2 aromatic heterocycles. The van der Waals surface area contributed by atoms with Crippen LogP contribution in [0.1, 0.15) is 0 Å². The van der Waals surface area contributed by atoms with Gasteiger partial charge < -0.3 is 0 Å². The molecule has 228 valence electrons. The summed E-state index contributed by atoms with van der Waals surface area (Å²) < 4.78 is 2.56. The van der Waals surface area contributed by atoms with Gasteiger partial charge in [-0.2, -0.15) is 0 Å². The Morgan fingerprint density at radius 3 is 1.71 bits per heavy atom. The lowest BCUT2D eigenvalue weighted by molar-refractivity contribution is 1.08. The van der Waals surface area contributed by atoms with Crippen molar-refractivity contribution in [2.75, 3.05) is 0 Å². The predicted octanol–water partition coefficient (Wildman–Crippen LogP) is 12.4. The standard InChI is InChI=1S/C45H27N3S/c1-3-12-29(13-4-1)38-26-35(27-39-37-24-23-31-21-20-30-14-9-10-18-36(30)40(31)42(37)49-41(38)39)45-47-43(32-15-5-2-6-16-32)46-44(48-45)34-22-19-28-11-7-8-17-33(28)25-34/h1-27H. The number of nitrogens with zero attached hydrogens (tertiary/aromatic N) is 3. The third kappa shape index (κ3) is 4.68. The van der Waals surface area contributed by atoms with Crippen LogP contribution < -0.4 is 0 Å². The summed E-state index contributed by atoms with van der Waals surface area (Å²) in [5, 5.41) is 9.89. The summed E-state index contributed by atoms with van der Waals surface area (Å²) >= 11 is 1.88. The van der Waals surface area contributed by atoms with E-state index >= 15 is 0 Å². The summed E-state index contributed by atoms with van der Waals surface area (Å²) in [4.78, 5) is 15.4. The molecule has 0 saturated heterocycles. The van der Waals surface area contributed by atoms with Gasteiger partial charge in [0.15, 0.2) is 17.5 Å². The molecule has 0 aliphatic rings. The number of fused-ring (bicyclic) bond motifs is 8. The van der Waals surface area contributed by atoms with E-state index in [1.54, 1.807) is 0 Å². The van der Waals surface area contributed by atoms with Crippen molar-refractivity contribution < 1.29 is 0 Å². The van der Waals surface area contributed by atoms with Gasteiger partial charge in [-0.25, -0.2) is 15.0 Å². The highest BCUT2D eigenvalue weighted by Gasteiger charge is 2.19. The van der Waals surface area contributed by atoms with Gasteiger partial charge in [0.05, 0.1) is 0 Å². The summed E-state index contributed by atoms with van der Waals surface area (Å²) in [6.07, 6.45) is 0. The third-order valence-electron chi connectivity index (χ3n) is 9.46. The molecular weight excluding hydrogens is 615 g/mol. The van der Waals surface area contributed by atoms with Gasteiger partial charge in [0.1, 0.15) is 0 Å². The summed E-state index contributed by atoms with van der Waals surface area (Å²) in [5.41, 5.74) is 5.23. The van der Waals surface area contributed by atoms with Crippen molar-refractivity contribution >= 4 is 63.8 Å². The maximum Gasteiger partial charge on any atom is 0.164 e. The topological polar surface area (TPSA) is 38.7 Å². The van der Waals surface area contributed by atoms with Gasteiger partial charge >= 0.3 is 0 Å². The van der Waals surface area contributed by atoms with Crippen LogP contribution in [0, 0.1) is 0 Å². The molecule has 49 heavy (non-hydrogen) atoms. The maximum atomic E-state index is 5.18. The normalized spacial score (nSPS) is 11.7. The summed E-state index contributed by atoms with van der Waals surface area (Å²) in [5.74, 6) is 1.97. The second kappa shape index (κ2) is 11.2. The Morgan fingerprint density at radius 1 is 0.327 bits per heavy atom. The van der Waals surface area contributed by atoms with E-state index in [1.807, 2.05) is 29.5 Å². The lowest BCUT2D eigenvalue weighted by Crippen LogP contribution is -2.00. The quantitative estimate of drug-likeness (QED) is 0.180. The number of benzene rings is 8. The summed E-state index contributed by atoms with van der Waals surface area (Å²) in [6, 6.07) is 58.0. The molecule has 0 bridgehead atoms. The van der Waals surface area contributed by atoms with E-state index in [0.717, 1.165) is 22.1 Å². The molecule has 0 aliphatic heterocycles. The van der Waals surface area contributed by atoms with Crippen molar-refractivity contribution in [3.05, 3.63) is 164 Å². The molecule has 3 nitrogen and oxygen atoms in total. The van der Waals surface area contributed by atoms with Gasteiger partial charge in [0, 0.05) is 47.8 Å². The van der Waals surface area contributed by atoms with E-state index in [0.29, 0.717) is 17.5 Å². The molecule has 0 amide bonds. The minimum Gasteiger partial charge on any atom is -0.208 e. The van der Waals surface area contributed by atoms with Gasteiger partial charge in [-0.3, -0.25) is 0 Å². The molecule has 0 radical (unpaired) electrons. The Balaban J connectivity index is 1.27. The van der Waals surface area contributed by atoms with Crippen molar-refractivity contribution in [2.24, 2.45) is 0 Å². The average Bonchev–Trinajstić information content (AvgIpc) is 3.56. The molecule has 0 aliphatic carbocycles. The highest BCUT2D eigenvalue weighted by Crippen LogP contribution is 2.46. The van der Waals surface area contributed by atoms with E-state index in [9.17, 15) is 0 Å². The second-order valence-electron chi connectivity index (χ2n) is 12.4. The fourth-order valence-corrected chi connectivity index (χ4v) is 8.45. The molecule has 0 fully saturated rings. The zero-order valence-electron chi connectivity index (χ0n) is 26.3. The van der Waals surface area contributed by atoms with Crippen LogP contribution in [0.25, 0.3) is 97.8 Å². The summed E-state index contributed by atoms with van der Waals surface area (Å²) in [6.45, 7) is 0. The van der Waals surface area contributed by atoms with Gasteiger partial charge in [-0.1, -0.05) is 146 Å². The van der Waals surface area contributed by atoms with Crippen molar-refractivity contribution in [3.63, 3.8) is 0 Å². The fraction of sp³-hybridized carbons (Fsp3) is 0. The van der Waals surface area contributed by atoms with Crippen LogP contribution in [0.5, 0.6) is 0 Å². The highest BCUT2D eigenvalue weighted by molar-refractivity contribution is 7.27. The van der Waals surface area contributed by atoms with Crippen molar-refractivity contribution in [1.82, 2.24) is 15.0 Å². The Labute approximate surface area is 286 Å². The second-order valence-corrected chi connectivity index (χ2v) is 13.5. The zero-order valence-corrected chi connectivity index (χ0v) is 27.2. The van der Waals surface area contributed by atoms with Gasteiger partial charge in [-0.15, -0.1) is 11.3 Å². The minimum absolute atomic E-state index is 0.654. The van der Waals surface area contributed by atoms with Crippen LogP contribution in [-0.4, -0.2) is 15.0 Å². The molecule has 10 rings (SSSR count). The molecule has 0 atom stereocenters. The lowest BCUT2D eigenvalue weighted by atomic mass is 9.97. The molecule has 2 heterocycles. The van der Waals surface area contributed by atoms with Crippen LogP contribution >= 0.6 is 11.3 Å². The van der Waals surface area contributed by atoms with Crippen LogP contribution in [-0.2, 0) is 0 Å². The van der Waals surface area contributed by atoms with Gasteiger partial charge in [0.25, 0.3) is 0 Å². The molecule has 8 aromatic carbocycles. The number of aromatic nitrogens is 3. The van der Waals surface area contributed by atoms with Gasteiger partial charge in [0.2, 0.25) is 0 Å². The van der Waals surface area contributed by atoms with E-state index < -0.39 is 0 Å². The first kappa shape index (κ1) is 27.8. The molecule has 0 N–H and O–H groups in total. The first-order chi connectivity index (χ1) is 24.3. The largest absolute Gasteiger partial charge is 0.208 e. The summed E-state index contributed by atoms with van der Waals surface area (Å²) in [7, 11) is 0. The smallest absolute Gasteiger partial charge is 0.164 e. The number of hydrogen-bond acceptors (Lipinski definition) is 4. The van der Waals surface area contributed by atoms with Crippen LogP contribution in [0.15, 0.2) is 164 Å². The first-order valence-electron chi connectivity index (χ1n) is 16.4. The predicted molar refractivity (Wildman–Crippen MR) is 207 cm³/mol. The average molecular weight is 642 g/mol. The Kier molecular flexibility index (Phi) is 6.36. The Hall–Kier alpha value is -6.23. The van der Waals surface area contributed by atoms with Crippen LogP contribution in [0.4, 0.5) is 0 Å². The highest BCUT2D eigenvalue weighted by atomic mass is 32.1. The molecule has 10 aromatic rings. The van der Waals surface area contributed by atoms with E-state index in [4.69, 9.17) is 15.0 Å². The SMILES string of the molecule is c1ccc(-c2nc(-c3ccc4ccccc4c3)nc(-c3cc(-c4ccccc4)c4sc5c(ccc6ccc7ccccc7c65)c4c3)n2)cc1. The molecular formula is C45H27N3S. The van der Waals surface area contributed by atoms with Crippen LogP contribution in [0.3, 0.4) is 0 Å². The van der Waals surface area contributed by atoms with E-state index in [-0.39, 0.29) is 0 Å². The Bertz CT molecular complexity index is 2880. The third-order valence-corrected chi connectivity index (χ3v) is 10.7. The van der Waals surface area contributed by atoms with Crippen molar-refractivity contribution in [2.45, 2.75) is 0 Å². The molecule has 0 spiro atoms. The zero-order chi connectivity index (χ0) is 32.3. The minimum atomic E-state index is 0.654. The molecule has 0 saturated carbocycles. The van der Waals surface area contributed by atoms with Crippen molar-refractivity contribution in [3.8, 4) is 45.3 Å². The number of rotatable bonds is 4. The first-order valence-corrected chi connectivity index (χ1v) is 17.3. The van der Waals surface area contributed by atoms with Crippen LogP contribution in [0.2, 0.25) is 0 Å². The molecule has 4 heteroatoms. The van der Waals surface area contributed by atoms with Crippen molar-refractivity contribution in [1.29, 1.82) is 0 Å². The lowest BCUT2D eigenvalue weighted by Gasteiger charge is -2.11. The van der Waals surface area contributed by atoms with E-state index in [1.165, 1.54) is 58.2 Å². The molecule has 0 unspecified atom stereocenters. The van der Waals surface area contributed by atoms with Gasteiger partial charge in [-0.05, 0) is 50.7 Å². The van der Waals surface area contributed by atoms with E-state index in [2.05, 4.69) is 146 Å². The number of thiophene rings is 1. The fourth-order valence-electron chi connectivity index (χ4n) is 7.06. The number of hydrogen-bond donors (Lipinski definition) is 0. The monoisotopic (exact) mass is 641 g/mol. The maximum absolute atomic E-state index is 5.18. The Morgan fingerprint density at radius 2 is 0.918 bits per heavy atom.